The molecule has 2 unspecified atom stereocenters. The molecule has 2 bridgehead atoms. The first-order chi connectivity index (χ1) is 9.26. The molecule has 2 aliphatic heterocycles. The minimum atomic E-state index is -0.0401. The lowest BCUT2D eigenvalue weighted by Gasteiger charge is -2.25. The zero-order valence-electron chi connectivity index (χ0n) is 12.1. The van der Waals surface area contributed by atoms with Gasteiger partial charge in [-0.15, -0.1) is 12.4 Å². The van der Waals surface area contributed by atoms with Crippen LogP contribution in [0.5, 0.6) is 0 Å². The van der Waals surface area contributed by atoms with E-state index in [0.29, 0.717) is 12.1 Å². The van der Waals surface area contributed by atoms with Gasteiger partial charge in [0.05, 0.1) is 0 Å². The van der Waals surface area contributed by atoms with Gasteiger partial charge in [-0.2, -0.15) is 0 Å². The Morgan fingerprint density at radius 2 is 2.05 bits per heavy atom. The molecule has 1 aromatic rings. The number of hydrogen-bond acceptors (Lipinski definition) is 2. The molecule has 0 aromatic heterocycles. The molecular formula is C16H24ClFN2. The van der Waals surface area contributed by atoms with Crippen molar-refractivity contribution in [3.8, 4) is 0 Å². The van der Waals surface area contributed by atoms with Crippen molar-refractivity contribution in [2.75, 3.05) is 13.1 Å². The van der Waals surface area contributed by atoms with Crippen LogP contribution in [-0.4, -0.2) is 30.1 Å². The van der Waals surface area contributed by atoms with Gasteiger partial charge in [-0.3, -0.25) is 4.90 Å². The number of rotatable bonds is 3. The van der Waals surface area contributed by atoms with Crippen LogP contribution in [0.2, 0.25) is 0 Å². The first-order valence-corrected chi connectivity index (χ1v) is 7.51. The van der Waals surface area contributed by atoms with Crippen LogP contribution in [-0.2, 0) is 13.0 Å². The van der Waals surface area contributed by atoms with Crippen LogP contribution in [0.25, 0.3) is 0 Å². The number of aryl methyl sites for hydroxylation is 1. The molecule has 2 aliphatic rings. The Bertz CT molecular complexity index is 452. The van der Waals surface area contributed by atoms with E-state index in [9.17, 15) is 4.39 Å². The van der Waals surface area contributed by atoms with Gasteiger partial charge in [0.25, 0.3) is 0 Å². The van der Waals surface area contributed by atoms with Crippen LogP contribution in [0.3, 0.4) is 0 Å². The third-order valence-corrected chi connectivity index (χ3v) is 4.59. The fraction of sp³-hybridized carbons (Fsp3) is 0.625. The Balaban J connectivity index is 0.00000147. The summed E-state index contributed by atoms with van der Waals surface area (Å²) in [7, 11) is 0. The molecule has 2 fully saturated rings. The zero-order chi connectivity index (χ0) is 13.2. The molecule has 0 spiro atoms. The fourth-order valence-corrected chi connectivity index (χ4v) is 3.49. The van der Waals surface area contributed by atoms with Gasteiger partial charge in [0.2, 0.25) is 0 Å². The van der Waals surface area contributed by atoms with Gasteiger partial charge < -0.3 is 5.32 Å². The Kier molecular flexibility index (Phi) is 5.42. The number of nitrogens with zero attached hydrogens (tertiary/aromatic N) is 1. The molecule has 0 amide bonds. The summed E-state index contributed by atoms with van der Waals surface area (Å²) < 4.78 is 14.0. The summed E-state index contributed by atoms with van der Waals surface area (Å²) in [6, 6.07) is 6.78. The van der Waals surface area contributed by atoms with E-state index in [4.69, 9.17) is 0 Å². The maximum Gasteiger partial charge on any atom is 0.127 e. The van der Waals surface area contributed by atoms with Crippen LogP contribution in [0, 0.1) is 5.82 Å². The molecule has 2 heterocycles. The number of fused-ring (bicyclic) bond motifs is 2. The average molecular weight is 299 g/mol. The summed E-state index contributed by atoms with van der Waals surface area (Å²) in [5.41, 5.74) is 2.06. The van der Waals surface area contributed by atoms with Crippen LogP contribution < -0.4 is 5.32 Å². The van der Waals surface area contributed by atoms with Crippen molar-refractivity contribution in [3.05, 3.63) is 35.1 Å². The van der Waals surface area contributed by atoms with E-state index in [0.717, 1.165) is 37.2 Å². The molecule has 4 heteroatoms. The van der Waals surface area contributed by atoms with Gasteiger partial charge in [-0.1, -0.05) is 19.1 Å². The van der Waals surface area contributed by atoms with E-state index >= 15 is 0 Å². The smallest absolute Gasteiger partial charge is 0.127 e. The van der Waals surface area contributed by atoms with Crippen LogP contribution in [0.1, 0.15) is 37.3 Å². The van der Waals surface area contributed by atoms with Crippen molar-refractivity contribution < 1.29 is 4.39 Å². The predicted octanol–water partition coefficient (Wildman–Crippen LogP) is 3.14. The minimum Gasteiger partial charge on any atom is -0.310 e. The Labute approximate surface area is 127 Å². The molecular weight excluding hydrogens is 275 g/mol. The molecule has 112 valence electrons. The number of likely N-dealkylation sites (tertiary alicyclic amines) is 1. The van der Waals surface area contributed by atoms with Crippen molar-refractivity contribution in [2.24, 2.45) is 0 Å². The third kappa shape index (κ3) is 3.33. The third-order valence-electron chi connectivity index (χ3n) is 4.59. The Hall–Kier alpha value is -0.640. The van der Waals surface area contributed by atoms with Gasteiger partial charge in [-0.25, -0.2) is 4.39 Å². The molecule has 2 saturated heterocycles. The predicted molar refractivity (Wildman–Crippen MR) is 82.9 cm³/mol. The largest absolute Gasteiger partial charge is 0.310 e. The van der Waals surface area contributed by atoms with Crippen LogP contribution in [0.4, 0.5) is 4.39 Å². The highest BCUT2D eigenvalue weighted by atomic mass is 35.5. The minimum absolute atomic E-state index is 0. The number of benzene rings is 1. The molecule has 0 aliphatic carbocycles. The Morgan fingerprint density at radius 1 is 1.25 bits per heavy atom. The summed E-state index contributed by atoms with van der Waals surface area (Å²) in [5, 5.41) is 3.68. The number of halogens is 2. The van der Waals surface area contributed by atoms with Crippen LogP contribution in [0.15, 0.2) is 18.2 Å². The van der Waals surface area contributed by atoms with Gasteiger partial charge >= 0.3 is 0 Å². The van der Waals surface area contributed by atoms with E-state index in [2.05, 4.69) is 23.2 Å². The molecule has 2 nitrogen and oxygen atoms in total. The van der Waals surface area contributed by atoms with E-state index < -0.39 is 0 Å². The molecule has 2 atom stereocenters. The van der Waals surface area contributed by atoms with E-state index in [-0.39, 0.29) is 18.2 Å². The molecule has 0 saturated carbocycles. The van der Waals surface area contributed by atoms with Crippen molar-refractivity contribution >= 4 is 12.4 Å². The summed E-state index contributed by atoms with van der Waals surface area (Å²) in [4.78, 5) is 2.42. The topological polar surface area (TPSA) is 15.3 Å². The van der Waals surface area contributed by atoms with E-state index in [1.807, 2.05) is 6.07 Å². The summed E-state index contributed by atoms with van der Waals surface area (Å²) in [6.45, 7) is 5.02. The van der Waals surface area contributed by atoms with E-state index in [1.54, 1.807) is 6.07 Å². The van der Waals surface area contributed by atoms with Gasteiger partial charge in [0.15, 0.2) is 0 Å². The number of hydrogen-bond donors (Lipinski definition) is 1. The lowest BCUT2D eigenvalue weighted by atomic mass is 10.0. The van der Waals surface area contributed by atoms with Gasteiger partial charge in [-0.05, 0) is 37.3 Å². The first-order valence-electron chi connectivity index (χ1n) is 7.51. The highest BCUT2D eigenvalue weighted by Gasteiger charge is 2.29. The van der Waals surface area contributed by atoms with Crippen molar-refractivity contribution in [1.29, 1.82) is 0 Å². The summed E-state index contributed by atoms with van der Waals surface area (Å²) in [6.07, 6.45) is 4.70. The molecule has 20 heavy (non-hydrogen) atoms. The average Bonchev–Trinajstić information content (AvgIpc) is 2.74. The maximum atomic E-state index is 14.0. The van der Waals surface area contributed by atoms with Gasteiger partial charge in [0.1, 0.15) is 5.82 Å². The molecule has 0 radical (unpaired) electrons. The fourth-order valence-electron chi connectivity index (χ4n) is 3.49. The number of nitrogens with one attached hydrogen (secondary N) is 1. The highest BCUT2D eigenvalue weighted by Crippen LogP contribution is 2.23. The van der Waals surface area contributed by atoms with Gasteiger partial charge in [0, 0.05) is 37.3 Å². The molecule has 1 aromatic carbocycles. The van der Waals surface area contributed by atoms with Crippen molar-refractivity contribution in [3.63, 3.8) is 0 Å². The lowest BCUT2D eigenvalue weighted by molar-refractivity contribution is 0.247. The zero-order valence-corrected chi connectivity index (χ0v) is 12.9. The molecule has 3 rings (SSSR count). The Morgan fingerprint density at radius 3 is 2.85 bits per heavy atom. The SMILES string of the molecule is CCc1cccc(F)c1CN1CCC2CCC(C1)N2.Cl. The van der Waals surface area contributed by atoms with Crippen molar-refractivity contribution in [1.82, 2.24) is 10.2 Å². The highest BCUT2D eigenvalue weighted by molar-refractivity contribution is 5.85. The molecule has 1 N–H and O–H groups in total. The van der Waals surface area contributed by atoms with E-state index in [1.165, 1.54) is 19.3 Å². The monoisotopic (exact) mass is 298 g/mol. The second-order valence-corrected chi connectivity index (χ2v) is 5.89. The second-order valence-electron chi connectivity index (χ2n) is 5.89. The van der Waals surface area contributed by atoms with Crippen LogP contribution >= 0.6 is 12.4 Å². The maximum absolute atomic E-state index is 14.0. The second kappa shape index (κ2) is 6.88. The lowest BCUT2D eigenvalue weighted by Crippen LogP contribution is -2.35. The summed E-state index contributed by atoms with van der Waals surface area (Å²) >= 11 is 0. The first kappa shape index (κ1) is 15.7. The summed E-state index contributed by atoms with van der Waals surface area (Å²) in [5.74, 6) is -0.0401. The normalized spacial score (nSPS) is 26.1. The standard InChI is InChI=1S/C16H23FN2.ClH/c1-2-12-4-3-5-16(17)15(12)11-19-9-8-13-6-7-14(10-19)18-13;/h3-5,13-14,18H,2,6-11H2,1H3;1H. The van der Waals surface area contributed by atoms with Crippen molar-refractivity contribution in [2.45, 2.75) is 51.2 Å². The quantitative estimate of drug-likeness (QED) is 0.922.